The molecular weight excluding hydrogens is 544 g/mol. The third-order valence-electron chi connectivity index (χ3n) is 8.54. The zero-order chi connectivity index (χ0) is 34.5. The maximum atomic E-state index is 8.65. The molecule has 10 nitrogen and oxygen atoms in total. The molecule has 0 heterocycles. The second-order valence-corrected chi connectivity index (χ2v) is 15.1. The van der Waals surface area contributed by atoms with Gasteiger partial charge in [-0.1, -0.05) is 123 Å². The summed E-state index contributed by atoms with van der Waals surface area (Å²) >= 11 is 0. The zero-order valence-corrected chi connectivity index (χ0v) is 29.3. The fourth-order valence-electron chi connectivity index (χ4n) is 4.61. The molecular formula is C32H68O10. The molecule has 0 saturated carbocycles. The van der Waals surface area contributed by atoms with E-state index in [4.69, 9.17) is 40.5 Å². The Morgan fingerprint density at radius 3 is 0.929 bits per heavy atom. The van der Waals surface area contributed by atoms with Gasteiger partial charge in [0, 0.05) is 0 Å². The van der Waals surface area contributed by atoms with E-state index in [1.807, 2.05) is 0 Å². The number of rotatable bonds is 14. The molecule has 4 unspecified atom stereocenters. The molecule has 10 heteroatoms. The van der Waals surface area contributed by atoms with Gasteiger partial charge >= 0.3 is 12.3 Å². The molecule has 0 spiro atoms. The molecule has 42 heavy (non-hydrogen) atoms. The summed E-state index contributed by atoms with van der Waals surface area (Å²) in [5.74, 6) is 2.57. The van der Waals surface area contributed by atoms with Crippen molar-refractivity contribution in [3.63, 3.8) is 0 Å². The molecule has 0 aliphatic carbocycles. The van der Waals surface area contributed by atoms with Crippen molar-refractivity contribution < 1.29 is 50.3 Å². The number of carboxylic acid groups (broad SMARTS) is 4. The highest BCUT2D eigenvalue weighted by Crippen LogP contribution is 2.41. The molecule has 0 amide bonds. The molecule has 0 aliphatic heterocycles. The van der Waals surface area contributed by atoms with Gasteiger partial charge in [0.2, 0.25) is 0 Å². The maximum absolute atomic E-state index is 8.65. The lowest BCUT2D eigenvalue weighted by Gasteiger charge is -2.38. The number of carbonyl (C=O) groups is 2. The smallest absolute Gasteiger partial charge is 0.450 e. The highest BCUT2D eigenvalue weighted by Gasteiger charge is 2.33. The summed E-state index contributed by atoms with van der Waals surface area (Å²) in [5.41, 5.74) is 0.791. The highest BCUT2D eigenvalue weighted by atomic mass is 17.1. The van der Waals surface area contributed by atoms with Crippen molar-refractivity contribution >= 4 is 12.3 Å². The molecule has 4 atom stereocenters. The van der Waals surface area contributed by atoms with Crippen molar-refractivity contribution in [2.45, 2.75) is 135 Å². The summed E-state index contributed by atoms with van der Waals surface area (Å²) in [7, 11) is 0. The van der Waals surface area contributed by atoms with E-state index in [2.05, 4.69) is 107 Å². The first-order chi connectivity index (χ1) is 18.8. The van der Waals surface area contributed by atoms with Crippen LogP contribution in [0.25, 0.3) is 0 Å². The first kappa shape index (κ1) is 47.3. The molecule has 0 radical (unpaired) electrons. The van der Waals surface area contributed by atoms with Gasteiger partial charge in [-0.2, -0.15) is 0 Å². The van der Waals surface area contributed by atoms with E-state index >= 15 is 0 Å². The Kier molecular flexibility index (Phi) is 25.7. The molecule has 0 aromatic rings. The van der Waals surface area contributed by atoms with Crippen LogP contribution in [0.4, 0.5) is 9.59 Å². The van der Waals surface area contributed by atoms with Crippen LogP contribution in [0.2, 0.25) is 0 Å². The minimum Gasteiger partial charge on any atom is -0.450 e. The Morgan fingerprint density at radius 2 is 0.786 bits per heavy atom. The summed E-state index contributed by atoms with van der Waals surface area (Å²) in [5, 5.41) is 45.2. The van der Waals surface area contributed by atoms with Crippen LogP contribution in [0.3, 0.4) is 0 Å². The van der Waals surface area contributed by atoms with Crippen molar-refractivity contribution in [1.82, 2.24) is 0 Å². The summed E-state index contributed by atoms with van der Waals surface area (Å²) in [6, 6.07) is 0. The average molecular weight is 613 g/mol. The molecule has 0 bridgehead atoms. The molecule has 256 valence electrons. The lowest BCUT2D eigenvalue weighted by Crippen LogP contribution is -2.32. The van der Waals surface area contributed by atoms with Crippen molar-refractivity contribution in [1.29, 1.82) is 0 Å². The standard InChI is InChI=1S/2C15H32O2.2CH2O3/c2*1-8-9-13(14(3,4)5)10-12(2)15(6,7)11-17-16;2*2-1(3)4/h2*12-13,16H,8-11H2,1-7H3;2*(H2,2,3,4). The van der Waals surface area contributed by atoms with E-state index in [9.17, 15) is 0 Å². The Balaban J connectivity index is -0.000000273. The minimum absolute atomic E-state index is 0.0337. The fraction of sp³-hybridized carbons (Fsp3) is 0.938. The van der Waals surface area contributed by atoms with Crippen LogP contribution in [0.15, 0.2) is 0 Å². The number of hydrogen-bond donors (Lipinski definition) is 6. The molecule has 0 fully saturated rings. The molecule has 0 aliphatic rings. The van der Waals surface area contributed by atoms with Crippen LogP contribution >= 0.6 is 0 Å². The molecule has 0 rings (SSSR count). The van der Waals surface area contributed by atoms with Gasteiger partial charge in [-0.15, -0.1) is 0 Å². The van der Waals surface area contributed by atoms with Crippen LogP contribution in [-0.4, -0.2) is 56.5 Å². The Labute approximate surface area is 256 Å². The van der Waals surface area contributed by atoms with Gasteiger partial charge in [-0.25, -0.2) is 19.4 Å². The Hall–Kier alpha value is -1.62. The van der Waals surface area contributed by atoms with Crippen molar-refractivity contribution in [3.05, 3.63) is 0 Å². The predicted molar refractivity (Wildman–Crippen MR) is 169 cm³/mol. The second-order valence-electron chi connectivity index (χ2n) is 15.1. The van der Waals surface area contributed by atoms with Crippen molar-refractivity contribution in [2.75, 3.05) is 13.2 Å². The predicted octanol–water partition coefficient (Wildman–Crippen LogP) is 10.4. The molecule has 0 aromatic heterocycles. The van der Waals surface area contributed by atoms with Crippen molar-refractivity contribution in [2.24, 2.45) is 45.3 Å². The van der Waals surface area contributed by atoms with E-state index in [1.54, 1.807) is 0 Å². The van der Waals surface area contributed by atoms with Crippen LogP contribution < -0.4 is 0 Å². The van der Waals surface area contributed by atoms with E-state index in [0.717, 1.165) is 11.8 Å². The lowest BCUT2D eigenvalue weighted by atomic mass is 9.68. The molecule has 6 N–H and O–H groups in total. The normalized spacial score (nSPS) is 14.9. The maximum Gasteiger partial charge on any atom is 0.503 e. The van der Waals surface area contributed by atoms with Gasteiger partial charge in [0.25, 0.3) is 0 Å². The average Bonchev–Trinajstić information content (AvgIpc) is 2.76. The largest absolute Gasteiger partial charge is 0.503 e. The summed E-state index contributed by atoms with van der Waals surface area (Å²) in [6.07, 6.45) is 3.78. The second kappa shape index (κ2) is 22.9. The minimum atomic E-state index is -1.83. The third-order valence-corrected chi connectivity index (χ3v) is 8.54. The van der Waals surface area contributed by atoms with Gasteiger partial charge in [0.15, 0.2) is 0 Å². The van der Waals surface area contributed by atoms with Crippen molar-refractivity contribution in [3.8, 4) is 0 Å². The first-order valence-corrected chi connectivity index (χ1v) is 15.1. The highest BCUT2D eigenvalue weighted by molar-refractivity contribution is 5.53. The SMILES string of the molecule is CCCC(CC(C)C(C)(C)COO)C(C)(C)C.CCCC(CC(C)C(C)(C)COO)C(C)(C)C.O=C(O)O.O=C(O)O. The zero-order valence-electron chi connectivity index (χ0n) is 29.3. The monoisotopic (exact) mass is 612 g/mol. The summed E-state index contributed by atoms with van der Waals surface area (Å²) in [4.78, 5) is 25.8. The van der Waals surface area contributed by atoms with E-state index in [-0.39, 0.29) is 10.8 Å². The van der Waals surface area contributed by atoms with Crippen LogP contribution in [-0.2, 0) is 9.78 Å². The molecule has 0 saturated heterocycles. The van der Waals surface area contributed by atoms with Gasteiger partial charge in [0.05, 0.1) is 13.2 Å². The van der Waals surface area contributed by atoms with Crippen LogP contribution in [0.5, 0.6) is 0 Å². The Bertz CT molecular complexity index is 612. The summed E-state index contributed by atoms with van der Waals surface area (Å²) < 4.78 is 0. The van der Waals surface area contributed by atoms with Crippen LogP contribution in [0.1, 0.15) is 135 Å². The quantitative estimate of drug-likeness (QED) is 0.0817. The Morgan fingerprint density at radius 1 is 0.571 bits per heavy atom. The van der Waals surface area contributed by atoms with E-state index in [1.165, 1.54) is 38.5 Å². The lowest BCUT2D eigenvalue weighted by molar-refractivity contribution is -0.264. The van der Waals surface area contributed by atoms with E-state index in [0.29, 0.717) is 35.9 Å². The first-order valence-electron chi connectivity index (χ1n) is 15.1. The van der Waals surface area contributed by atoms with Gasteiger partial charge in [-0.3, -0.25) is 10.5 Å². The number of hydrogen-bond acceptors (Lipinski definition) is 6. The van der Waals surface area contributed by atoms with Crippen LogP contribution in [0, 0.1) is 45.3 Å². The fourth-order valence-corrected chi connectivity index (χ4v) is 4.61. The van der Waals surface area contributed by atoms with Gasteiger partial charge in [-0.05, 0) is 58.2 Å². The molecule has 0 aromatic carbocycles. The topological polar surface area (TPSA) is 174 Å². The van der Waals surface area contributed by atoms with E-state index < -0.39 is 12.3 Å². The summed E-state index contributed by atoms with van der Waals surface area (Å²) in [6.45, 7) is 32.5. The third kappa shape index (κ3) is 27.2. The van der Waals surface area contributed by atoms with Gasteiger partial charge in [0.1, 0.15) is 0 Å². The van der Waals surface area contributed by atoms with Gasteiger partial charge < -0.3 is 20.4 Å².